The second-order valence-corrected chi connectivity index (χ2v) is 3.50. The number of amidine groups is 1. The van der Waals surface area contributed by atoms with Crippen molar-refractivity contribution in [2.24, 2.45) is 4.99 Å². The SMILES string of the molecule is CCC1CSC(NC(C)=O)=N1. The van der Waals surface area contributed by atoms with Crippen LogP contribution in [-0.4, -0.2) is 22.9 Å². The lowest BCUT2D eigenvalue weighted by molar-refractivity contribution is -0.117. The molecule has 1 aliphatic rings. The fourth-order valence-corrected chi connectivity index (χ4v) is 1.94. The number of carbonyl (C=O) groups is 1. The number of nitrogens with one attached hydrogen (secondary N) is 1. The fraction of sp³-hybridized carbons (Fsp3) is 0.714. The molecule has 0 saturated heterocycles. The van der Waals surface area contributed by atoms with E-state index in [0.29, 0.717) is 6.04 Å². The lowest BCUT2D eigenvalue weighted by Crippen LogP contribution is -2.24. The number of amides is 1. The molecule has 3 nitrogen and oxygen atoms in total. The maximum Gasteiger partial charge on any atom is 0.222 e. The van der Waals surface area contributed by atoms with Gasteiger partial charge in [-0.3, -0.25) is 9.79 Å². The van der Waals surface area contributed by atoms with E-state index in [2.05, 4.69) is 17.2 Å². The molecule has 0 aromatic carbocycles. The molecule has 62 valence electrons. The minimum absolute atomic E-state index is 0.0343. The molecule has 11 heavy (non-hydrogen) atoms. The van der Waals surface area contributed by atoms with Crippen LogP contribution in [-0.2, 0) is 4.79 Å². The van der Waals surface area contributed by atoms with Crippen molar-refractivity contribution in [2.45, 2.75) is 26.3 Å². The first-order valence-electron chi connectivity index (χ1n) is 3.70. The maximum absolute atomic E-state index is 10.6. The Balaban J connectivity index is 2.42. The molecule has 0 spiro atoms. The highest BCUT2D eigenvalue weighted by molar-refractivity contribution is 8.14. The largest absolute Gasteiger partial charge is 0.306 e. The Bertz CT molecular complexity index is 191. The standard InChI is InChI=1S/C7H12N2OS/c1-3-6-4-11-7(9-6)8-5(2)10/h6H,3-4H2,1-2H3,(H,8,9,10). The predicted octanol–water partition coefficient (Wildman–Crippen LogP) is 1.00. The van der Waals surface area contributed by atoms with Crippen molar-refractivity contribution in [1.82, 2.24) is 5.32 Å². The Morgan fingerprint density at radius 1 is 1.91 bits per heavy atom. The van der Waals surface area contributed by atoms with Gasteiger partial charge < -0.3 is 5.32 Å². The van der Waals surface area contributed by atoms with E-state index in [1.165, 1.54) is 6.92 Å². The molecule has 0 aromatic heterocycles. The molecule has 0 aromatic rings. The summed E-state index contributed by atoms with van der Waals surface area (Å²) in [7, 11) is 0. The molecular formula is C7H12N2OS. The van der Waals surface area contributed by atoms with Crippen molar-refractivity contribution in [1.29, 1.82) is 0 Å². The van der Waals surface area contributed by atoms with Gasteiger partial charge in [0.25, 0.3) is 0 Å². The summed E-state index contributed by atoms with van der Waals surface area (Å²) in [6, 6.07) is 0.404. The van der Waals surface area contributed by atoms with Gasteiger partial charge in [0, 0.05) is 12.7 Å². The summed E-state index contributed by atoms with van der Waals surface area (Å²) in [5.41, 5.74) is 0. The van der Waals surface area contributed by atoms with Crippen LogP contribution in [0.25, 0.3) is 0 Å². The van der Waals surface area contributed by atoms with Gasteiger partial charge in [-0.25, -0.2) is 0 Å². The lowest BCUT2D eigenvalue weighted by atomic mass is 10.3. The van der Waals surface area contributed by atoms with E-state index in [1.807, 2.05) is 0 Å². The third-order valence-corrected chi connectivity index (χ3v) is 2.50. The molecule has 1 heterocycles. The van der Waals surface area contributed by atoms with Gasteiger partial charge >= 0.3 is 0 Å². The van der Waals surface area contributed by atoms with E-state index >= 15 is 0 Å². The summed E-state index contributed by atoms with van der Waals surface area (Å²) < 4.78 is 0. The normalized spacial score (nSPS) is 23.1. The Labute approximate surface area is 70.7 Å². The van der Waals surface area contributed by atoms with E-state index in [0.717, 1.165) is 17.3 Å². The number of hydrogen-bond donors (Lipinski definition) is 1. The van der Waals surface area contributed by atoms with Crippen molar-refractivity contribution in [3.8, 4) is 0 Å². The van der Waals surface area contributed by atoms with E-state index in [1.54, 1.807) is 11.8 Å². The first-order valence-corrected chi connectivity index (χ1v) is 4.69. The molecule has 0 radical (unpaired) electrons. The topological polar surface area (TPSA) is 41.5 Å². The summed E-state index contributed by atoms with van der Waals surface area (Å²) >= 11 is 1.62. The highest BCUT2D eigenvalue weighted by Crippen LogP contribution is 2.18. The van der Waals surface area contributed by atoms with Crippen molar-refractivity contribution in [3.63, 3.8) is 0 Å². The van der Waals surface area contributed by atoms with E-state index in [4.69, 9.17) is 0 Å². The molecule has 0 saturated carbocycles. The van der Waals surface area contributed by atoms with Crippen LogP contribution in [0.5, 0.6) is 0 Å². The molecule has 0 fully saturated rings. The summed E-state index contributed by atoms with van der Waals surface area (Å²) in [5.74, 6) is 0.972. The lowest BCUT2D eigenvalue weighted by Gasteiger charge is -1.97. The molecule has 1 N–H and O–H groups in total. The average Bonchev–Trinajstić information content (AvgIpc) is 2.34. The molecule has 1 amide bonds. The summed E-state index contributed by atoms with van der Waals surface area (Å²) in [4.78, 5) is 14.9. The van der Waals surface area contributed by atoms with Crippen LogP contribution in [0.1, 0.15) is 20.3 Å². The monoisotopic (exact) mass is 172 g/mol. The second kappa shape index (κ2) is 3.76. The molecular weight excluding hydrogens is 160 g/mol. The number of rotatable bonds is 1. The molecule has 1 aliphatic heterocycles. The molecule has 1 rings (SSSR count). The van der Waals surface area contributed by atoms with Crippen LogP contribution in [0.3, 0.4) is 0 Å². The molecule has 1 unspecified atom stereocenters. The number of thioether (sulfide) groups is 1. The smallest absolute Gasteiger partial charge is 0.222 e. The molecule has 1 atom stereocenters. The number of hydrogen-bond acceptors (Lipinski definition) is 3. The van der Waals surface area contributed by atoms with Crippen molar-refractivity contribution in [2.75, 3.05) is 5.75 Å². The van der Waals surface area contributed by atoms with Gasteiger partial charge in [-0.15, -0.1) is 0 Å². The zero-order valence-corrected chi connectivity index (χ0v) is 7.57. The maximum atomic E-state index is 10.6. The first-order chi connectivity index (χ1) is 5.22. The van der Waals surface area contributed by atoms with E-state index in [9.17, 15) is 4.79 Å². The van der Waals surface area contributed by atoms with Gasteiger partial charge in [-0.1, -0.05) is 18.7 Å². The van der Waals surface area contributed by atoms with Crippen LogP contribution in [0.15, 0.2) is 4.99 Å². The third-order valence-electron chi connectivity index (χ3n) is 1.47. The predicted molar refractivity (Wildman–Crippen MR) is 47.8 cm³/mol. The van der Waals surface area contributed by atoms with Crippen molar-refractivity contribution < 1.29 is 4.79 Å². The quantitative estimate of drug-likeness (QED) is 0.641. The molecule has 0 bridgehead atoms. The number of aliphatic imine (C=N–C) groups is 1. The van der Waals surface area contributed by atoms with Crippen LogP contribution < -0.4 is 5.32 Å². The Kier molecular flexibility index (Phi) is 2.93. The van der Waals surface area contributed by atoms with E-state index in [-0.39, 0.29) is 5.91 Å². The second-order valence-electron chi connectivity index (χ2n) is 2.49. The summed E-state index contributed by atoms with van der Waals surface area (Å²) in [6.07, 6.45) is 1.05. The third kappa shape index (κ3) is 2.54. The molecule has 0 aliphatic carbocycles. The molecule has 4 heteroatoms. The Morgan fingerprint density at radius 3 is 3.09 bits per heavy atom. The van der Waals surface area contributed by atoms with Crippen LogP contribution in [0, 0.1) is 0 Å². The fourth-order valence-electron chi connectivity index (χ4n) is 0.844. The first kappa shape index (κ1) is 8.59. The van der Waals surface area contributed by atoms with Gasteiger partial charge in [0.05, 0.1) is 6.04 Å². The van der Waals surface area contributed by atoms with Gasteiger partial charge in [-0.2, -0.15) is 0 Å². The Hall–Kier alpha value is -0.510. The zero-order chi connectivity index (χ0) is 8.27. The van der Waals surface area contributed by atoms with Gasteiger partial charge in [0.15, 0.2) is 5.17 Å². The van der Waals surface area contributed by atoms with Crippen LogP contribution in [0.2, 0.25) is 0 Å². The number of carbonyl (C=O) groups excluding carboxylic acids is 1. The van der Waals surface area contributed by atoms with Gasteiger partial charge in [0.1, 0.15) is 0 Å². The number of nitrogens with zero attached hydrogens (tertiary/aromatic N) is 1. The average molecular weight is 172 g/mol. The summed E-state index contributed by atoms with van der Waals surface area (Å²) in [5, 5.41) is 3.46. The highest BCUT2D eigenvalue weighted by atomic mass is 32.2. The van der Waals surface area contributed by atoms with Crippen molar-refractivity contribution >= 4 is 22.8 Å². The highest BCUT2D eigenvalue weighted by Gasteiger charge is 2.16. The van der Waals surface area contributed by atoms with E-state index < -0.39 is 0 Å². The minimum atomic E-state index is -0.0343. The Morgan fingerprint density at radius 2 is 2.64 bits per heavy atom. The van der Waals surface area contributed by atoms with Crippen molar-refractivity contribution in [3.05, 3.63) is 0 Å². The zero-order valence-electron chi connectivity index (χ0n) is 6.76. The van der Waals surface area contributed by atoms with Crippen LogP contribution in [0.4, 0.5) is 0 Å². The van der Waals surface area contributed by atoms with Gasteiger partial charge in [-0.05, 0) is 6.42 Å². The minimum Gasteiger partial charge on any atom is -0.306 e. The van der Waals surface area contributed by atoms with Crippen LogP contribution >= 0.6 is 11.8 Å². The summed E-state index contributed by atoms with van der Waals surface area (Å²) in [6.45, 7) is 3.60. The van der Waals surface area contributed by atoms with Gasteiger partial charge in [0.2, 0.25) is 5.91 Å².